The molecule has 1 saturated heterocycles. The second-order valence-electron chi connectivity index (χ2n) is 7.14. The van der Waals surface area contributed by atoms with Gasteiger partial charge in [0, 0.05) is 29.6 Å². The summed E-state index contributed by atoms with van der Waals surface area (Å²) in [6, 6.07) is 4.15. The van der Waals surface area contributed by atoms with Crippen LogP contribution in [0.2, 0.25) is 0 Å². The predicted octanol–water partition coefficient (Wildman–Crippen LogP) is 1.46. The lowest BCUT2D eigenvalue weighted by Gasteiger charge is -2.28. The summed E-state index contributed by atoms with van der Waals surface area (Å²) in [5.41, 5.74) is 2.69. The standard InChI is InChI=1S/C17H22N4O/c1-10-4-5-13(15-19-6-7-21(10)15)17(2,3)20-16(22)14-11-8-18-9-12(11)14/h4-7,11-12,14,18H,8-9H2,1-3H3,(H,20,22)/t11-,12+,14?. The van der Waals surface area contributed by atoms with E-state index in [-0.39, 0.29) is 11.8 Å². The Morgan fingerprint density at radius 1 is 1.36 bits per heavy atom. The number of fused-ring (bicyclic) bond motifs is 2. The molecular formula is C17H22N4O. The summed E-state index contributed by atoms with van der Waals surface area (Å²) in [4.78, 5) is 17.1. The van der Waals surface area contributed by atoms with Crippen molar-refractivity contribution in [2.75, 3.05) is 13.1 Å². The van der Waals surface area contributed by atoms with E-state index in [1.165, 1.54) is 0 Å². The van der Waals surface area contributed by atoms with Crippen LogP contribution in [0, 0.1) is 24.7 Å². The monoisotopic (exact) mass is 298 g/mol. The molecule has 1 amide bonds. The highest BCUT2D eigenvalue weighted by molar-refractivity contribution is 5.83. The number of imidazole rings is 1. The summed E-state index contributed by atoms with van der Waals surface area (Å²) in [6.07, 6.45) is 3.77. The molecule has 1 unspecified atom stereocenters. The molecule has 2 fully saturated rings. The third-order valence-electron chi connectivity index (χ3n) is 5.26. The molecule has 22 heavy (non-hydrogen) atoms. The summed E-state index contributed by atoms with van der Waals surface area (Å²) < 4.78 is 2.07. The molecule has 0 radical (unpaired) electrons. The van der Waals surface area contributed by atoms with E-state index in [0.717, 1.165) is 30.0 Å². The first kappa shape index (κ1) is 13.8. The van der Waals surface area contributed by atoms with Crippen molar-refractivity contribution >= 4 is 11.6 Å². The summed E-state index contributed by atoms with van der Waals surface area (Å²) in [7, 11) is 0. The average Bonchev–Trinajstić information content (AvgIpc) is 2.85. The van der Waals surface area contributed by atoms with Crippen molar-refractivity contribution in [2.24, 2.45) is 17.8 Å². The molecule has 2 aliphatic rings. The van der Waals surface area contributed by atoms with E-state index in [0.29, 0.717) is 11.8 Å². The van der Waals surface area contributed by atoms with Gasteiger partial charge in [0.2, 0.25) is 5.91 Å². The predicted molar refractivity (Wildman–Crippen MR) is 84.4 cm³/mol. The second-order valence-corrected chi connectivity index (χ2v) is 7.14. The van der Waals surface area contributed by atoms with Crippen LogP contribution in [0.15, 0.2) is 24.5 Å². The van der Waals surface area contributed by atoms with Crippen molar-refractivity contribution in [3.63, 3.8) is 0 Å². The van der Waals surface area contributed by atoms with E-state index >= 15 is 0 Å². The molecule has 0 aromatic carbocycles. The first-order chi connectivity index (χ1) is 10.5. The zero-order valence-electron chi connectivity index (χ0n) is 13.3. The van der Waals surface area contributed by atoms with Gasteiger partial charge in [-0.25, -0.2) is 4.98 Å². The maximum absolute atomic E-state index is 12.6. The highest BCUT2D eigenvalue weighted by Gasteiger charge is 2.57. The minimum Gasteiger partial charge on any atom is -0.347 e. The van der Waals surface area contributed by atoms with E-state index in [1.807, 2.05) is 6.20 Å². The number of hydrogen-bond acceptors (Lipinski definition) is 3. The summed E-state index contributed by atoms with van der Waals surface area (Å²) in [6.45, 7) is 8.14. The van der Waals surface area contributed by atoms with Crippen LogP contribution in [0.3, 0.4) is 0 Å². The zero-order chi connectivity index (χ0) is 15.5. The van der Waals surface area contributed by atoms with Gasteiger partial charge in [-0.3, -0.25) is 4.79 Å². The highest BCUT2D eigenvalue weighted by Crippen LogP contribution is 2.49. The lowest BCUT2D eigenvalue weighted by molar-refractivity contribution is -0.124. The maximum atomic E-state index is 12.6. The van der Waals surface area contributed by atoms with Gasteiger partial charge >= 0.3 is 0 Å². The van der Waals surface area contributed by atoms with Gasteiger partial charge in [0.1, 0.15) is 5.65 Å². The minimum absolute atomic E-state index is 0.187. The van der Waals surface area contributed by atoms with Crippen LogP contribution in [-0.2, 0) is 10.3 Å². The molecule has 3 heterocycles. The molecule has 116 valence electrons. The summed E-state index contributed by atoms with van der Waals surface area (Å²) >= 11 is 0. The molecule has 4 rings (SSSR count). The van der Waals surface area contributed by atoms with Crippen LogP contribution < -0.4 is 10.6 Å². The van der Waals surface area contributed by atoms with Crippen molar-refractivity contribution in [2.45, 2.75) is 26.3 Å². The van der Waals surface area contributed by atoms with E-state index < -0.39 is 5.54 Å². The van der Waals surface area contributed by atoms with E-state index in [4.69, 9.17) is 0 Å². The summed E-state index contributed by atoms with van der Waals surface area (Å²) in [5.74, 6) is 1.47. The van der Waals surface area contributed by atoms with Crippen molar-refractivity contribution in [1.29, 1.82) is 0 Å². The number of piperidine rings is 1. The third-order valence-corrected chi connectivity index (χ3v) is 5.26. The van der Waals surface area contributed by atoms with Crippen LogP contribution in [0.25, 0.3) is 5.65 Å². The maximum Gasteiger partial charge on any atom is 0.224 e. The number of pyridine rings is 1. The van der Waals surface area contributed by atoms with Crippen LogP contribution in [-0.4, -0.2) is 28.4 Å². The molecular weight excluding hydrogens is 276 g/mol. The van der Waals surface area contributed by atoms with E-state index in [1.54, 1.807) is 6.20 Å². The van der Waals surface area contributed by atoms with Gasteiger partial charge in [-0.1, -0.05) is 6.07 Å². The number of carbonyl (C=O) groups excluding carboxylic acids is 1. The van der Waals surface area contributed by atoms with Gasteiger partial charge in [0.05, 0.1) is 5.54 Å². The minimum atomic E-state index is -0.429. The summed E-state index contributed by atoms with van der Waals surface area (Å²) in [5, 5.41) is 6.58. The Kier molecular flexibility index (Phi) is 2.85. The van der Waals surface area contributed by atoms with Gasteiger partial charge in [0.25, 0.3) is 0 Å². The number of nitrogens with zero attached hydrogens (tertiary/aromatic N) is 2. The number of rotatable bonds is 3. The van der Waals surface area contributed by atoms with Gasteiger partial charge in [-0.15, -0.1) is 0 Å². The molecule has 2 N–H and O–H groups in total. The van der Waals surface area contributed by atoms with Gasteiger partial charge in [-0.2, -0.15) is 0 Å². The smallest absolute Gasteiger partial charge is 0.224 e. The SMILES string of the molecule is Cc1ccc(C(C)(C)NC(=O)C2[C@H]3CNC[C@@H]23)c2nccn12. The van der Waals surface area contributed by atoms with Crippen molar-refractivity contribution in [3.05, 3.63) is 35.8 Å². The van der Waals surface area contributed by atoms with Crippen molar-refractivity contribution < 1.29 is 4.79 Å². The molecule has 1 saturated carbocycles. The average molecular weight is 298 g/mol. The van der Waals surface area contributed by atoms with Crippen LogP contribution in [0.5, 0.6) is 0 Å². The fraction of sp³-hybridized carbons (Fsp3) is 0.529. The van der Waals surface area contributed by atoms with Crippen LogP contribution in [0.1, 0.15) is 25.1 Å². The number of carbonyl (C=O) groups is 1. The molecule has 3 atom stereocenters. The first-order valence-corrected chi connectivity index (χ1v) is 7.95. The lowest BCUT2D eigenvalue weighted by Crippen LogP contribution is -2.43. The topological polar surface area (TPSA) is 58.4 Å². The first-order valence-electron chi connectivity index (χ1n) is 7.95. The molecule has 2 aromatic rings. The van der Waals surface area contributed by atoms with Gasteiger partial charge < -0.3 is 15.0 Å². The largest absolute Gasteiger partial charge is 0.347 e. The van der Waals surface area contributed by atoms with E-state index in [2.05, 4.69) is 52.9 Å². The second kappa shape index (κ2) is 4.56. The van der Waals surface area contributed by atoms with Gasteiger partial charge in [-0.05, 0) is 51.8 Å². The molecule has 0 spiro atoms. The Morgan fingerprint density at radius 3 is 2.82 bits per heavy atom. The normalized spacial score (nSPS) is 27.0. The quantitative estimate of drug-likeness (QED) is 0.902. The van der Waals surface area contributed by atoms with E-state index in [9.17, 15) is 4.79 Å². The third kappa shape index (κ3) is 1.96. The zero-order valence-corrected chi connectivity index (χ0v) is 13.3. The van der Waals surface area contributed by atoms with Crippen LogP contribution in [0.4, 0.5) is 0 Å². The fourth-order valence-electron chi connectivity index (χ4n) is 3.90. The molecule has 5 nitrogen and oxygen atoms in total. The Bertz CT molecular complexity index is 738. The molecule has 0 bridgehead atoms. The Hall–Kier alpha value is -1.88. The number of nitrogens with one attached hydrogen (secondary N) is 2. The number of aryl methyl sites for hydroxylation is 1. The van der Waals surface area contributed by atoms with Crippen LogP contribution >= 0.6 is 0 Å². The fourth-order valence-corrected chi connectivity index (χ4v) is 3.90. The molecule has 1 aliphatic heterocycles. The van der Waals surface area contributed by atoms with Gasteiger partial charge in [0.15, 0.2) is 0 Å². The molecule has 1 aliphatic carbocycles. The lowest BCUT2D eigenvalue weighted by atomic mass is 9.94. The highest BCUT2D eigenvalue weighted by atomic mass is 16.2. The molecule has 2 aromatic heterocycles. The Balaban J connectivity index is 1.61. The number of aromatic nitrogens is 2. The van der Waals surface area contributed by atoms with Crippen molar-refractivity contribution in [3.8, 4) is 0 Å². The van der Waals surface area contributed by atoms with Crippen molar-refractivity contribution in [1.82, 2.24) is 20.0 Å². The Labute approximate surface area is 130 Å². The molecule has 5 heteroatoms. The Morgan fingerprint density at radius 2 is 2.09 bits per heavy atom. The number of hydrogen-bond donors (Lipinski definition) is 2. The number of amides is 1.